The summed E-state index contributed by atoms with van der Waals surface area (Å²) in [5.41, 5.74) is 0. The zero-order valence-corrected chi connectivity index (χ0v) is 26.3. The van der Waals surface area contributed by atoms with E-state index in [0.29, 0.717) is 12.2 Å². The fourth-order valence-electron chi connectivity index (χ4n) is 7.12. The average molecular weight is 519 g/mol. The van der Waals surface area contributed by atoms with E-state index in [9.17, 15) is 0 Å². The van der Waals surface area contributed by atoms with E-state index >= 15 is 0 Å². The van der Waals surface area contributed by atoms with Gasteiger partial charge < -0.3 is 4.74 Å². The predicted octanol–water partition coefficient (Wildman–Crippen LogP) is 12.5. The number of unbranched alkanes of at least 4 members (excludes halogenated alkanes) is 12. The molecule has 0 N–H and O–H groups in total. The second-order valence-corrected chi connectivity index (χ2v) is 14.3. The molecular weight excluding hydrogens is 448 g/mol. The fraction of sp³-hybridized carbons (Fsp3) is 1.00. The van der Waals surface area contributed by atoms with Gasteiger partial charge >= 0.3 is 0 Å². The van der Waals surface area contributed by atoms with Crippen molar-refractivity contribution in [2.75, 3.05) is 0 Å². The Morgan fingerprint density at radius 1 is 0.405 bits per heavy atom. The molecule has 0 aliphatic heterocycles. The van der Waals surface area contributed by atoms with E-state index in [0.717, 1.165) is 23.7 Å². The van der Waals surface area contributed by atoms with Crippen LogP contribution in [0.3, 0.4) is 0 Å². The summed E-state index contributed by atoms with van der Waals surface area (Å²) in [7, 11) is 0. The molecule has 0 radical (unpaired) electrons. The summed E-state index contributed by atoms with van der Waals surface area (Å²) >= 11 is 0. The number of rotatable bonds is 22. The smallest absolute Gasteiger partial charge is 0.0579 e. The van der Waals surface area contributed by atoms with E-state index in [1.807, 2.05) is 0 Å². The van der Waals surface area contributed by atoms with Crippen LogP contribution in [-0.4, -0.2) is 12.2 Å². The van der Waals surface area contributed by atoms with Crippen molar-refractivity contribution in [2.45, 2.75) is 207 Å². The van der Waals surface area contributed by atoms with Crippen molar-refractivity contribution in [1.29, 1.82) is 0 Å². The van der Waals surface area contributed by atoms with Crippen LogP contribution in [0.2, 0.25) is 0 Å². The molecule has 220 valence electrons. The second kappa shape index (κ2) is 21.7. The molecule has 0 unspecified atom stereocenters. The Kier molecular flexibility index (Phi) is 19.5. The maximum absolute atomic E-state index is 6.64. The van der Waals surface area contributed by atoms with Crippen LogP contribution in [-0.2, 0) is 4.74 Å². The van der Waals surface area contributed by atoms with Crippen LogP contribution >= 0.6 is 0 Å². The van der Waals surface area contributed by atoms with Gasteiger partial charge in [-0.05, 0) is 75.0 Å². The summed E-state index contributed by atoms with van der Waals surface area (Å²) in [5.74, 6) is 3.78. The minimum Gasteiger partial charge on any atom is -0.375 e. The zero-order valence-electron chi connectivity index (χ0n) is 26.3. The lowest BCUT2D eigenvalue weighted by molar-refractivity contribution is -0.0572. The van der Waals surface area contributed by atoms with Gasteiger partial charge in [-0.1, -0.05) is 143 Å². The van der Waals surface area contributed by atoms with E-state index in [2.05, 4.69) is 27.7 Å². The first-order chi connectivity index (χ1) is 18.0. The van der Waals surface area contributed by atoms with Gasteiger partial charge in [-0.2, -0.15) is 0 Å². The third-order valence-corrected chi connectivity index (χ3v) is 9.76. The molecule has 0 atom stereocenters. The van der Waals surface area contributed by atoms with Crippen LogP contribution in [0.1, 0.15) is 195 Å². The monoisotopic (exact) mass is 519 g/mol. The van der Waals surface area contributed by atoms with Gasteiger partial charge in [0, 0.05) is 0 Å². The van der Waals surface area contributed by atoms with Crippen LogP contribution in [0.4, 0.5) is 0 Å². The highest BCUT2D eigenvalue weighted by Gasteiger charge is 2.27. The van der Waals surface area contributed by atoms with Crippen molar-refractivity contribution in [3.05, 3.63) is 0 Å². The first-order valence-electron chi connectivity index (χ1n) is 17.7. The summed E-state index contributed by atoms with van der Waals surface area (Å²) in [6, 6.07) is 0. The minimum atomic E-state index is 0.587. The van der Waals surface area contributed by atoms with Gasteiger partial charge in [-0.15, -0.1) is 0 Å². The highest BCUT2D eigenvalue weighted by atomic mass is 16.5. The molecule has 0 aromatic carbocycles. The summed E-state index contributed by atoms with van der Waals surface area (Å²) in [4.78, 5) is 0. The van der Waals surface area contributed by atoms with Gasteiger partial charge in [0.1, 0.15) is 0 Å². The summed E-state index contributed by atoms with van der Waals surface area (Å²) in [6.07, 6.45) is 38.7. The van der Waals surface area contributed by atoms with Crippen molar-refractivity contribution in [1.82, 2.24) is 0 Å². The van der Waals surface area contributed by atoms with Gasteiger partial charge in [0.25, 0.3) is 0 Å². The first kappa shape index (κ1) is 33.2. The maximum atomic E-state index is 6.64. The average Bonchev–Trinajstić information content (AvgIpc) is 2.88. The molecule has 0 bridgehead atoms. The Bertz CT molecular complexity index is 437. The standard InChI is InChI=1S/C36H70O/c1-31(2)19-15-11-7-5-9-13-17-21-33-23-27-35(28-24-33)37-36-29-25-34(26-30-36)22-18-14-10-6-8-12-16-20-32(3)4/h31-36H,5-30H2,1-4H3. The van der Waals surface area contributed by atoms with Crippen molar-refractivity contribution in [3.63, 3.8) is 0 Å². The first-order valence-corrected chi connectivity index (χ1v) is 17.7. The molecule has 2 aliphatic carbocycles. The quantitative estimate of drug-likeness (QED) is 0.129. The molecule has 2 aliphatic rings. The van der Waals surface area contributed by atoms with Crippen molar-refractivity contribution in [3.8, 4) is 0 Å². The molecule has 1 heteroatoms. The van der Waals surface area contributed by atoms with E-state index < -0.39 is 0 Å². The molecule has 2 rings (SSSR count). The molecule has 2 saturated carbocycles. The summed E-state index contributed by atoms with van der Waals surface area (Å²) in [6.45, 7) is 9.41. The third-order valence-electron chi connectivity index (χ3n) is 9.76. The van der Waals surface area contributed by atoms with Crippen LogP contribution < -0.4 is 0 Å². The lowest BCUT2D eigenvalue weighted by atomic mass is 9.82. The van der Waals surface area contributed by atoms with E-state index in [-0.39, 0.29) is 0 Å². The van der Waals surface area contributed by atoms with E-state index in [1.165, 1.54) is 167 Å². The Balaban J connectivity index is 1.36. The number of hydrogen-bond donors (Lipinski definition) is 0. The molecule has 0 amide bonds. The zero-order chi connectivity index (χ0) is 26.6. The van der Waals surface area contributed by atoms with Gasteiger partial charge in [0.2, 0.25) is 0 Å². The van der Waals surface area contributed by atoms with Crippen LogP contribution in [0, 0.1) is 23.7 Å². The van der Waals surface area contributed by atoms with Crippen LogP contribution in [0.5, 0.6) is 0 Å². The minimum absolute atomic E-state index is 0.587. The van der Waals surface area contributed by atoms with Gasteiger partial charge in [0.05, 0.1) is 12.2 Å². The SMILES string of the molecule is CC(C)CCCCCCCCCC1CCC(OC2CCC(CCCCCCCCCC(C)C)CC2)CC1. The molecule has 1 nitrogen and oxygen atoms in total. The van der Waals surface area contributed by atoms with Gasteiger partial charge in [0.15, 0.2) is 0 Å². The van der Waals surface area contributed by atoms with Crippen LogP contribution in [0.25, 0.3) is 0 Å². The van der Waals surface area contributed by atoms with Gasteiger partial charge in [-0.25, -0.2) is 0 Å². The van der Waals surface area contributed by atoms with Crippen molar-refractivity contribution >= 4 is 0 Å². The Morgan fingerprint density at radius 2 is 0.703 bits per heavy atom. The maximum Gasteiger partial charge on any atom is 0.0579 e. The number of ether oxygens (including phenoxy) is 1. The fourth-order valence-corrected chi connectivity index (χ4v) is 7.12. The summed E-state index contributed by atoms with van der Waals surface area (Å²) in [5, 5.41) is 0. The molecule has 0 spiro atoms. The highest BCUT2D eigenvalue weighted by molar-refractivity contribution is 4.78. The van der Waals surface area contributed by atoms with Crippen LogP contribution in [0.15, 0.2) is 0 Å². The van der Waals surface area contributed by atoms with Crippen molar-refractivity contribution < 1.29 is 4.74 Å². The topological polar surface area (TPSA) is 9.23 Å². The molecule has 0 aromatic heterocycles. The molecule has 0 heterocycles. The molecule has 37 heavy (non-hydrogen) atoms. The second-order valence-electron chi connectivity index (χ2n) is 14.3. The van der Waals surface area contributed by atoms with E-state index in [1.54, 1.807) is 0 Å². The molecule has 0 saturated heterocycles. The largest absolute Gasteiger partial charge is 0.375 e. The molecule has 2 fully saturated rings. The third kappa shape index (κ3) is 18.0. The van der Waals surface area contributed by atoms with Crippen molar-refractivity contribution in [2.24, 2.45) is 23.7 Å². The highest BCUT2D eigenvalue weighted by Crippen LogP contribution is 2.35. The molecule has 0 aromatic rings. The number of hydrogen-bond acceptors (Lipinski definition) is 1. The normalized spacial score (nSPS) is 24.8. The Hall–Kier alpha value is -0.0400. The Morgan fingerprint density at radius 3 is 1.03 bits per heavy atom. The molecular formula is C36H70O. The predicted molar refractivity (Wildman–Crippen MR) is 165 cm³/mol. The summed E-state index contributed by atoms with van der Waals surface area (Å²) < 4.78 is 6.64. The van der Waals surface area contributed by atoms with E-state index in [4.69, 9.17) is 4.74 Å². The lowest BCUT2D eigenvalue weighted by Gasteiger charge is -2.34. The lowest BCUT2D eigenvalue weighted by Crippen LogP contribution is -2.29. The Labute approximate surface area is 235 Å². The van der Waals surface area contributed by atoms with Gasteiger partial charge in [-0.3, -0.25) is 0 Å².